The molecule has 184 valence electrons. The van der Waals surface area contributed by atoms with E-state index < -0.39 is 47.5 Å². The summed E-state index contributed by atoms with van der Waals surface area (Å²) in [5.41, 5.74) is -0.379. The number of fused-ring (bicyclic) bond motifs is 1. The summed E-state index contributed by atoms with van der Waals surface area (Å²) in [5.74, 6) is -2.64. The molecular formula is C23H30N4O7. The Balaban J connectivity index is 1.62. The monoisotopic (exact) mass is 474 g/mol. The lowest BCUT2D eigenvalue weighted by molar-refractivity contribution is -0.141. The van der Waals surface area contributed by atoms with Crippen molar-refractivity contribution < 1.29 is 33.4 Å². The largest absolute Gasteiger partial charge is 0.454 e. The van der Waals surface area contributed by atoms with Gasteiger partial charge in [-0.05, 0) is 58.2 Å². The fourth-order valence-corrected chi connectivity index (χ4v) is 3.68. The van der Waals surface area contributed by atoms with Gasteiger partial charge in [0.2, 0.25) is 24.4 Å². The zero-order valence-corrected chi connectivity index (χ0v) is 19.5. The second-order valence-electron chi connectivity index (χ2n) is 9.31. The molecule has 0 radical (unpaired) electrons. The van der Waals surface area contributed by atoms with Crippen molar-refractivity contribution in [1.29, 1.82) is 0 Å². The average molecular weight is 475 g/mol. The Labute approximate surface area is 197 Å². The Morgan fingerprint density at radius 2 is 1.88 bits per heavy atom. The van der Waals surface area contributed by atoms with Crippen molar-refractivity contribution in [1.82, 2.24) is 21.3 Å². The van der Waals surface area contributed by atoms with Gasteiger partial charge in [0.15, 0.2) is 11.5 Å². The van der Waals surface area contributed by atoms with E-state index in [1.54, 1.807) is 26.8 Å². The number of hydrogen-bond acceptors (Lipinski definition) is 7. The minimum Gasteiger partial charge on any atom is -0.454 e. The van der Waals surface area contributed by atoms with Gasteiger partial charge >= 0.3 is 0 Å². The van der Waals surface area contributed by atoms with Crippen LogP contribution in [0.5, 0.6) is 11.5 Å². The molecule has 0 unspecified atom stereocenters. The van der Waals surface area contributed by atoms with E-state index in [-0.39, 0.29) is 24.7 Å². The molecule has 0 aliphatic carbocycles. The van der Waals surface area contributed by atoms with Crippen LogP contribution in [0.3, 0.4) is 0 Å². The minimum atomic E-state index is -1.20. The van der Waals surface area contributed by atoms with E-state index in [1.165, 1.54) is 12.1 Å². The van der Waals surface area contributed by atoms with Gasteiger partial charge < -0.3 is 30.7 Å². The molecule has 0 spiro atoms. The lowest BCUT2D eigenvalue weighted by Gasteiger charge is -2.27. The quantitative estimate of drug-likeness (QED) is 0.388. The van der Waals surface area contributed by atoms with Crippen LogP contribution in [0.15, 0.2) is 18.2 Å². The van der Waals surface area contributed by atoms with Gasteiger partial charge in [0.25, 0.3) is 11.8 Å². The van der Waals surface area contributed by atoms with Gasteiger partial charge in [-0.1, -0.05) is 0 Å². The zero-order chi connectivity index (χ0) is 24.9. The van der Waals surface area contributed by atoms with Crippen LogP contribution in [-0.4, -0.2) is 60.9 Å². The van der Waals surface area contributed by atoms with Gasteiger partial charge in [-0.25, -0.2) is 0 Å². The van der Waals surface area contributed by atoms with Crippen LogP contribution < -0.4 is 30.7 Å². The lowest BCUT2D eigenvalue weighted by Crippen LogP contribution is -2.54. The second kappa shape index (κ2) is 10.5. The summed E-state index contributed by atoms with van der Waals surface area (Å²) in [6, 6.07) is 3.42. The maximum Gasteiger partial charge on any atom is 0.290 e. The molecule has 1 aromatic rings. The number of nitrogens with one attached hydrogen (secondary N) is 4. The second-order valence-corrected chi connectivity index (χ2v) is 9.31. The Morgan fingerprint density at radius 3 is 2.59 bits per heavy atom. The summed E-state index contributed by atoms with van der Waals surface area (Å²) >= 11 is 0. The van der Waals surface area contributed by atoms with Crippen molar-refractivity contribution in [3.8, 4) is 11.5 Å². The van der Waals surface area contributed by atoms with Crippen molar-refractivity contribution >= 4 is 29.4 Å². The number of hydrogen-bond donors (Lipinski definition) is 4. The third kappa shape index (κ3) is 6.69. The molecule has 34 heavy (non-hydrogen) atoms. The topological polar surface area (TPSA) is 152 Å². The summed E-state index contributed by atoms with van der Waals surface area (Å²) in [6.45, 7) is 5.38. The normalized spacial score (nSPS) is 17.9. The predicted molar refractivity (Wildman–Crippen MR) is 120 cm³/mol. The molecule has 4 amide bonds. The number of ether oxygens (including phenoxy) is 2. The molecule has 0 aromatic heterocycles. The standard InChI is InChI=1S/C23H30N4O7/c1-23(2,3)27-22(32)19(29)15(9-13-5-4-8-24-20(13)30)26-18(28)11-25-21(31)14-6-7-16-17(10-14)34-12-33-16/h6-7,10,13,15H,4-5,8-9,11-12H2,1-3H3,(H,24,30)(H,25,31)(H,26,28)(H,27,32)/t13-,15-/m0/s1. The van der Waals surface area contributed by atoms with E-state index in [9.17, 15) is 24.0 Å². The van der Waals surface area contributed by atoms with Crippen LogP contribution in [-0.2, 0) is 19.2 Å². The lowest BCUT2D eigenvalue weighted by atomic mass is 9.89. The Hall–Kier alpha value is -3.63. The smallest absolute Gasteiger partial charge is 0.290 e. The van der Waals surface area contributed by atoms with E-state index in [4.69, 9.17) is 9.47 Å². The maximum absolute atomic E-state index is 12.8. The minimum absolute atomic E-state index is 0.00984. The highest BCUT2D eigenvalue weighted by Crippen LogP contribution is 2.32. The Kier molecular flexibility index (Phi) is 7.75. The van der Waals surface area contributed by atoms with E-state index >= 15 is 0 Å². The summed E-state index contributed by atoms with van der Waals surface area (Å²) in [6.07, 6.45) is 1.28. The molecule has 1 fully saturated rings. The molecule has 2 atom stereocenters. The van der Waals surface area contributed by atoms with Gasteiger partial charge in [-0.2, -0.15) is 0 Å². The molecule has 2 heterocycles. The third-order valence-corrected chi connectivity index (χ3v) is 5.33. The molecule has 1 saturated heterocycles. The molecular weight excluding hydrogens is 444 g/mol. The summed E-state index contributed by atoms with van der Waals surface area (Å²) in [7, 11) is 0. The maximum atomic E-state index is 12.8. The van der Waals surface area contributed by atoms with Crippen LogP contribution in [0.25, 0.3) is 0 Å². The first-order valence-electron chi connectivity index (χ1n) is 11.1. The highest BCUT2D eigenvalue weighted by molar-refractivity contribution is 6.38. The van der Waals surface area contributed by atoms with Gasteiger partial charge in [0, 0.05) is 23.6 Å². The van der Waals surface area contributed by atoms with E-state index in [2.05, 4.69) is 21.3 Å². The van der Waals surface area contributed by atoms with Crippen molar-refractivity contribution in [3.63, 3.8) is 0 Å². The van der Waals surface area contributed by atoms with Crippen molar-refractivity contribution in [3.05, 3.63) is 23.8 Å². The molecule has 2 aliphatic heterocycles. The van der Waals surface area contributed by atoms with Gasteiger partial charge in [0.05, 0.1) is 12.6 Å². The van der Waals surface area contributed by atoms with E-state index in [0.29, 0.717) is 24.5 Å². The number of Topliss-reactive ketones (excluding diaryl/α,β-unsaturated/α-hetero) is 1. The summed E-state index contributed by atoms with van der Waals surface area (Å²) < 4.78 is 10.4. The number of rotatable bonds is 8. The molecule has 3 rings (SSSR count). The predicted octanol–water partition coefficient (Wildman–Crippen LogP) is 0.0300. The van der Waals surface area contributed by atoms with Crippen LogP contribution in [0.4, 0.5) is 0 Å². The van der Waals surface area contributed by atoms with Crippen LogP contribution >= 0.6 is 0 Å². The molecule has 0 bridgehead atoms. The molecule has 0 saturated carbocycles. The first kappa shape index (κ1) is 25.0. The highest BCUT2D eigenvalue weighted by Gasteiger charge is 2.34. The van der Waals surface area contributed by atoms with Crippen molar-refractivity contribution in [2.24, 2.45) is 5.92 Å². The van der Waals surface area contributed by atoms with Crippen LogP contribution in [0.1, 0.15) is 50.4 Å². The fourth-order valence-electron chi connectivity index (χ4n) is 3.68. The number of benzene rings is 1. The number of carbonyl (C=O) groups excluding carboxylic acids is 5. The third-order valence-electron chi connectivity index (χ3n) is 5.33. The van der Waals surface area contributed by atoms with Gasteiger partial charge in [-0.3, -0.25) is 24.0 Å². The number of piperidine rings is 1. The van der Waals surface area contributed by atoms with Crippen LogP contribution in [0.2, 0.25) is 0 Å². The fraction of sp³-hybridized carbons (Fsp3) is 0.522. The average Bonchev–Trinajstić information content (AvgIpc) is 3.24. The molecule has 4 N–H and O–H groups in total. The molecule has 2 aliphatic rings. The molecule has 11 nitrogen and oxygen atoms in total. The zero-order valence-electron chi connectivity index (χ0n) is 19.5. The van der Waals surface area contributed by atoms with Gasteiger partial charge in [0.1, 0.15) is 0 Å². The van der Waals surface area contributed by atoms with Crippen molar-refractivity contribution in [2.75, 3.05) is 19.9 Å². The van der Waals surface area contributed by atoms with Crippen LogP contribution in [0, 0.1) is 5.92 Å². The number of amides is 4. The Bertz CT molecular complexity index is 986. The first-order chi connectivity index (χ1) is 16.0. The highest BCUT2D eigenvalue weighted by atomic mass is 16.7. The van der Waals surface area contributed by atoms with E-state index in [0.717, 1.165) is 6.42 Å². The Morgan fingerprint density at radius 1 is 1.15 bits per heavy atom. The number of carbonyl (C=O) groups is 5. The molecule has 1 aromatic carbocycles. The summed E-state index contributed by atoms with van der Waals surface area (Å²) in [5, 5.41) is 10.3. The van der Waals surface area contributed by atoms with E-state index in [1.807, 2.05) is 0 Å². The van der Waals surface area contributed by atoms with Gasteiger partial charge in [-0.15, -0.1) is 0 Å². The van der Waals surface area contributed by atoms with Crippen molar-refractivity contribution in [2.45, 2.75) is 51.6 Å². The summed E-state index contributed by atoms with van der Waals surface area (Å²) in [4.78, 5) is 62.4. The molecule has 11 heteroatoms. The SMILES string of the molecule is CC(C)(C)NC(=O)C(=O)[C@H](C[C@@H]1CCCNC1=O)NC(=O)CNC(=O)c1ccc2c(c1)OCO2. The number of ketones is 1. The first-order valence-corrected chi connectivity index (χ1v) is 11.1.